The molecule has 1 aliphatic rings. The molecule has 1 aliphatic heterocycles. The molecule has 0 aliphatic carbocycles. The number of H-pyrrole nitrogens is 1. The molecule has 3 rings (SSSR count). The van der Waals surface area contributed by atoms with E-state index in [1.54, 1.807) is 7.05 Å². The first-order valence-corrected chi connectivity index (χ1v) is 8.76. The highest BCUT2D eigenvalue weighted by Crippen LogP contribution is 2.22. The lowest BCUT2D eigenvalue weighted by Crippen LogP contribution is -2.36. The van der Waals surface area contributed by atoms with Gasteiger partial charge in [-0.25, -0.2) is 0 Å². The van der Waals surface area contributed by atoms with Crippen molar-refractivity contribution in [2.24, 2.45) is 0 Å². The van der Waals surface area contributed by atoms with E-state index in [-0.39, 0.29) is 18.4 Å². The SMILES string of the molecule is Cc1cc(C)c(NC(=O)CN(C)C(=O)c2n[nH]c3c2CNCC3)c(C)c1. The van der Waals surface area contributed by atoms with Gasteiger partial charge in [0.15, 0.2) is 5.69 Å². The minimum absolute atomic E-state index is 0.0271. The van der Waals surface area contributed by atoms with Crippen LogP contribution in [0.2, 0.25) is 0 Å². The number of carbonyl (C=O) groups excluding carboxylic acids is 2. The molecule has 0 bridgehead atoms. The Morgan fingerprint density at radius 2 is 1.92 bits per heavy atom. The van der Waals surface area contributed by atoms with E-state index < -0.39 is 0 Å². The van der Waals surface area contributed by atoms with Gasteiger partial charge in [-0.2, -0.15) is 5.10 Å². The third-order valence-electron chi connectivity index (χ3n) is 4.68. The van der Waals surface area contributed by atoms with Crippen molar-refractivity contribution in [2.75, 3.05) is 25.5 Å². The molecule has 7 nitrogen and oxygen atoms in total. The number of anilines is 1. The first-order valence-electron chi connectivity index (χ1n) is 8.76. The summed E-state index contributed by atoms with van der Waals surface area (Å²) in [6.45, 7) is 7.42. The molecular formula is C19H25N5O2. The maximum absolute atomic E-state index is 12.7. The number of hydrogen-bond acceptors (Lipinski definition) is 4. The van der Waals surface area contributed by atoms with Crippen LogP contribution in [0.15, 0.2) is 12.1 Å². The molecule has 0 unspecified atom stereocenters. The number of fused-ring (bicyclic) bond motifs is 1. The Morgan fingerprint density at radius 3 is 2.62 bits per heavy atom. The number of aryl methyl sites for hydroxylation is 3. The van der Waals surface area contributed by atoms with Gasteiger partial charge < -0.3 is 15.5 Å². The van der Waals surface area contributed by atoms with Crippen molar-refractivity contribution in [2.45, 2.75) is 33.7 Å². The summed E-state index contributed by atoms with van der Waals surface area (Å²) >= 11 is 0. The zero-order valence-corrected chi connectivity index (χ0v) is 15.7. The number of likely N-dealkylation sites (N-methyl/N-ethyl adjacent to an activating group) is 1. The maximum atomic E-state index is 12.7. The zero-order valence-electron chi connectivity index (χ0n) is 15.7. The molecule has 26 heavy (non-hydrogen) atoms. The fourth-order valence-corrected chi connectivity index (χ4v) is 3.43. The fourth-order valence-electron chi connectivity index (χ4n) is 3.43. The van der Waals surface area contributed by atoms with Crippen LogP contribution in [0.1, 0.15) is 38.4 Å². The van der Waals surface area contributed by atoms with E-state index in [0.717, 1.165) is 46.6 Å². The summed E-state index contributed by atoms with van der Waals surface area (Å²) in [4.78, 5) is 26.5. The Hall–Kier alpha value is -2.67. The monoisotopic (exact) mass is 355 g/mol. The third-order valence-corrected chi connectivity index (χ3v) is 4.68. The molecule has 7 heteroatoms. The van der Waals surface area contributed by atoms with Crippen LogP contribution in [-0.4, -0.2) is 47.0 Å². The highest BCUT2D eigenvalue weighted by atomic mass is 16.2. The number of carbonyl (C=O) groups is 2. The molecule has 138 valence electrons. The molecule has 2 heterocycles. The summed E-state index contributed by atoms with van der Waals surface area (Å²) in [6.07, 6.45) is 0.825. The first kappa shape index (κ1) is 18.1. The van der Waals surface area contributed by atoms with Gasteiger partial charge in [0.25, 0.3) is 5.91 Å². The van der Waals surface area contributed by atoms with E-state index in [4.69, 9.17) is 0 Å². The van der Waals surface area contributed by atoms with E-state index in [0.29, 0.717) is 12.2 Å². The predicted molar refractivity (Wildman–Crippen MR) is 100 cm³/mol. The molecule has 1 aromatic carbocycles. The van der Waals surface area contributed by atoms with E-state index in [1.165, 1.54) is 4.90 Å². The fraction of sp³-hybridized carbons (Fsp3) is 0.421. The lowest BCUT2D eigenvalue weighted by Gasteiger charge is -2.19. The molecule has 0 radical (unpaired) electrons. The Bertz CT molecular complexity index is 833. The van der Waals surface area contributed by atoms with Crippen LogP contribution in [0.3, 0.4) is 0 Å². The minimum Gasteiger partial charge on any atom is -0.331 e. The van der Waals surface area contributed by atoms with Gasteiger partial charge in [0, 0.05) is 43.5 Å². The summed E-state index contributed by atoms with van der Waals surface area (Å²) < 4.78 is 0. The normalized spacial score (nSPS) is 13.2. The molecule has 0 saturated heterocycles. The van der Waals surface area contributed by atoms with Crippen molar-refractivity contribution in [3.63, 3.8) is 0 Å². The van der Waals surface area contributed by atoms with E-state index in [1.807, 2.05) is 32.9 Å². The van der Waals surface area contributed by atoms with Crippen LogP contribution in [0.4, 0.5) is 5.69 Å². The lowest BCUT2D eigenvalue weighted by atomic mass is 10.1. The number of nitrogens with zero attached hydrogens (tertiary/aromatic N) is 2. The highest BCUT2D eigenvalue weighted by Gasteiger charge is 2.25. The Balaban J connectivity index is 1.68. The van der Waals surface area contributed by atoms with Crippen LogP contribution >= 0.6 is 0 Å². The van der Waals surface area contributed by atoms with E-state index in [9.17, 15) is 9.59 Å². The van der Waals surface area contributed by atoms with Crippen LogP contribution in [0.5, 0.6) is 0 Å². The van der Waals surface area contributed by atoms with Crippen LogP contribution in [-0.2, 0) is 17.8 Å². The second-order valence-corrected chi connectivity index (χ2v) is 6.94. The number of nitrogens with one attached hydrogen (secondary N) is 3. The Kier molecular flexibility index (Phi) is 5.08. The van der Waals surface area contributed by atoms with Gasteiger partial charge in [-0.15, -0.1) is 0 Å². The lowest BCUT2D eigenvalue weighted by molar-refractivity contribution is -0.116. The van der Waals surface area contributed by atoms with E-state index in [2.05, 4.69) is 20.8 Å². The second-order valence-electron chi connectivity index (χ2n) is 6.94. The van der Waals surface area contributed by atoms with Gasteiger partial charge in [0.05, 0.1) is 6.54 Å². The highest BCUT2D eigenvalue weighted by molar-refractivity contribution is 5.99. The van der Waals surface area contributed by atoms with Gasteiger partial charge >= 0.3 is 0 Å². The molecule has 0 saturated carbocycles. The smallest absolute Gasteiger partial charge is 0.274 e. The van der Waals surface area contributed by atoms with Crippen molar-refractivity contribution in [1.29, 1.82) is 0 Å². The van der Waals surface area contributed by atoms with Crippen molar-refractivity contribution in [1.82, 2.24) is 20.4 Å². The summed E-state index contributed by atoms with van der Waals surface area (Å²) in [5.74, 6) is -0.475. The molecule has 0 fully saturated rings. The van der Waals surface area contributed by atoms with Crippen molar-refractivity contribution < 1.29 is 9.59 Å². The van der Waals surface area contributed by atoms with Crippen molar-refractivity contribution in [3.05, 3.63) is 45.8 Å². The number of rotatable bonds is 4. The molecule has 2 amide bonds. The number of amides is 2. The standard InChI is InChI=1S/C19H25N5O2/c1-11-7-12(2)17(13(3)8-11)21-16(25)10-24(4)19(26)18-14-9-20-6-5-15(14)22-23-18/h7-8,20H,5-6,9-10H2,1-4H3,(H,21,25)(H,22,23). The molecule has 0 spiro atoms. The average molecular weight is 355 g/mol. The quantitative estimate of drug-likeness (QED) is 0.778. The topological polar surface area (TPSA) is 90.1 Å². The van der Waals surface area contributed by atoms with Crippen LogP contribution in [0.25, 0.3) is 0 Å². The van der Waals surface area contributed by atoms with Gasteiger partial charge in [-0.05, 0) is 31.9 Å². The predicted octanol–water partition coefficient (Wildman–Crippen LogP) is 1.69. The maximum Gasteiger partial charge on any atom is 0.274 e. The largest absolute Gasteiger partial charge is 0.331 e. The summed E-state index contributed by atoms with van der Waals surface area (Å²) in [5, 5.41) is 13.3. The molecular weight excluding hydrogens is 330 g/mol. The number of benzene rings is 1. The average Bonchev–Trinajstić information content (AvgIpc) is 3.01. The summed E-state index contributed by atoms with van der Waals surface area (Å²) in [5.41, 5.74) is 6.28. The summed E-state index contributed by atoms with van der Waals surface area (Å²) in [7, 11) is 1.62. The van der Waals surface area contributed by atoms with Crippen molar-refractivity contribution in [3.8, 4) is 0 Å². The van der Waals surface area contributed by atoms with Crippen molar-refractivity contribution >= 4 is 17.5 Å². The molecule has 3 N–H and O–H groups in total. The third kappa shape index (κ3) is 3.62. The number of aromatic nitrogens is 2. The van der Waals surface area contributed by atoms with Gasteiger partial charge in [-0.3, -0.25) is 14.7 Å². The van der Waals surface area contributed by atoms with E-state index >= 15 is 0 Å². The minimum atomic E-state index is -0.251. The van der Waals surface area contributed by atoms with Gasteiger partial charge in [0.2, 0.25) is 5.91 Å². The van der Waals surface area contributed by atoms with Crippen LogP contribution in [0, 0.1) is 20.8 Å². The second kappa shape index (κ2) is 7.29. The number of hydrogen-bond donors (Lipinski definition) is 3. The Morgan fingerprint density at radius 1 is 1.23 bits per heavy atom. The molecule has 1 aromatic heterocycles. The van der Waals surface area contributed by atoms with Gasteiger partial charge in [-0.1, -0.05) is 17.7 Å². The summed E-state index contributed by atoms with van der Waals surface area (Å²) in [6, 6.07) is 4.06. The zero-order chi connectivity index (χ0) is 18.8. The molecule has 2 aromatic rings. The first-order chi connectivity index (χ1) is 12.4. The Labute approximate surface area is 153 Å². The van der Waals surface area contributed by atoms with Gasteiger partial charge in [0.1, 0.15) is 0 Å². The van der Waals surface area contributed by atoms with Crippen LogP contribution < -0.4 is 10.6 Å². The molecule has 0 atom stereocenters. The number of aromatic amines is 1.